The molecule has 1 aromatic rings. The lowest BCUT2D eigenvalue weighted by molar-refractivity contribution is 0.0448. The highest BCUT2D eigenvalue weighted by molar-refractivity contribution is 6.31. The molecular weight excluding hydrogens is 378 g/mol. The summed E-state index contributed by atoms with van der Waals surface area (Å²) >= 11 is 6.21. The number of pyridine rings is 1. The Morgan fingerprint density at radius 1 is 1.46 bits per heavy atom. The highest BCUT2D eigenvalue weighted by Gasteiger charge is 2.34. The lowest BCUT2D eigenvalue weighted by atomic mass is 9.89. The van der Waals surface area contributed by atoms with Crippen molar-refractivity contribution in [2.45, 2.75) is 65.0 Å². The summed E-state index contributed by atoms with van der Waals surface area (Å²) in [6, 6.07) is 2.06. The molecule has 0 bridgehead atoms. The maximum atomic E-state index is 12.1. The van der Waals surface area contributed by atoms with Crippen LogP contribution in [0, 0.1) is 17.9 Å². The summed E-state index contributed by atoms with van der Waals surface area (Å²) in [4.78, 5) is 22.1. The number of nitrogens with one attached hydrogen (secondary N) is 1. The zero-order chi connectivity index (χ0) is 21.1. The molecule has 0 spiro atoms. The summed E-state index contributed by atoms with van der Waals surface area (Å²) in [7, 11) is 0. The van der Waals surface area contributed by atoms with Gasteiger partial charge in [0.1, 0.15) is 22.6 Å². The van der Waals surface area contributed by atoms with Gasteiger partial charge >= 0.3 is 6.09 Å². The molecule has 0 aliphatic carbocycles. The van der Waals surface area contributed by atoms with Gasteiger partial charge in [0.05, 0.1) is 12.1 Å². The summed E-state index contributed by atoms with van der Waals surface area (Å²) < 4.78 is 5.36. The van der Waals surface area contributed by atoms with Crippen LogP contribution in [-0.4, -0.2) is 35.3 Å². The van der Waals surface area contributed by atoms with Crippen molar-refractivity contribution in [3.05, 3.63) is 27.7 Å². The number of halogens is 1. The molecule has 1 saturated heterocycles. The van der Waals surface area contributed by atoms with Gasteiger partial charge in [0.2, 0.25) is 5.69 Å². The van der Waals surface area contributed by atoms with Crippen LogP contribution in [0.2, 0.25) is 5.15 Å². The van der Waals surface area contributed by atoms with Crippen molar-refractivity contribution >= 4 is 29.2 Å². The Kier molecular flexibility index (Phi) is 6.41. The molecule has 0 aromatic carbocycles. The first-order valence-corrected chi connectivity index (χ1v) is 9.67. The van der Waals surface area contributed by atoms with Crippen molar-refractivity contribution in [2.75, 3.05) is 18.0 Å². The minimum Gasteiger partial charge on any atom is -0.444 e. The molecule has 1 amide bonds. The SMILES string of the molecule is [C-]#[N+]c1c(N2CCC(C)(NC(=O)OC(C)(C)C)CC2)nc(Cl)c(C#N)c1CC. The van der Waals surface area contributed by atoms with E-state index < -0.39 is 17.2 Å². The zero-order valence-electron chi connectivity index (χ0n) is 17.0. The molecule has 0 saturated carbocycles. The predicted octanol–water partition coefficient (Wildman–Crippen LogP) is 4.60. The number of piperidine rings is 1. The van der Waals surface area contributed by atoms with Gasteiger partial charge in [0.15, 0.2) is 0 Å². The van der Waals surface area contributed by atoms with Gasteiger partial charge in [-0.15, -0.1) is 0 Å². The molecule has 1 aliphatic heterocycles. The lowest BCUT2D eigenvalue weighted by Gasteiger charge is -2.41. The minimum absolute atomic E-state index is 0.127. The summed E-state index contributed by atoms with van der Waals surface area (Å²) in [5, 5.41) is 12.4. The highest BCUT2D eigenvalue weighted by atomic mass is 35.5. The summed E-state index contributed by atoms with van der Waals surface area (Å²) in [5.74, 6) is 0.509. The standard InChI is InChI=1S/C20H26ClN5O2/c1-7-13-14(12-22)16(21)24-17(15(13)23-6)26-10-8-20(5,9-11-26)25-18(27)28-19(2,3)4/h7-11H2,1-5H3,(H,25,27). The van der Waals surface area contributed by atoms with E-state index in [1.807, 2.05) is 39.5 Å². The number of carbonyl (C=O) groups is 1. The summed E-state index contributed by atoms with van der Waals surface area (Å²) in [6.45, 7) is 18.1. The highest BCUT2D eigenvalue weighted by Crippen LogP contribution is 2.38. The molecule has 8 heteroatoms. The molecule has 1 N–H and O–H groups in total. The first-order chi connectivity index (χ1) is 13.0. The Hall–Kier alpha value is -2.51. The van der Waals surface area contributed by atoms with E-state index in [0.29, 0.717) is 49.4 Å². The minimum atomic E-state index is -0.550. The number of aromatic nitrogens is 1. The van der Waals surface area contributed by atoms with Crippen molar-refractivity contribution < 1.29 is 9.53 Å². The third-order valence-corrected chi connectivity index (χ3v) is 5.03. The number of ether oxygens (including phenoxy) is 1. The van der Waals surface area contributed by atoms with Crippen molar-refractivity contribution in [2.24, 2.45) is 0 Å². The number of hydrogen-bond acceptors (Lipinski definition) is 5. The Bertz CT molecular complexity index is 840. The maximum Gasteiger partial charge on any atom is 0.408 e. The van der Waals surface area contributed by atoms with Crippen LogP contribution in [0.25, 0.3) is 4.85 Å². The van der Waals surface area contributed by atoms with E-state index in [1.54, 1.807) is 0 Å². The van der Waals surface area contributed by atoms with E-state index in [1.165, 1.54) is 0 Å². The van der Waals surface area contributed by atoms with Gasteiger partial charge in [-0.05, 0) is 52.5 Å². The van der Waals surface area contributed by atoms with Gasteiger partial charge in [-0.3, -0.25) is 0 Å². The van der Waals surface area contributed by atoms with Crippen LogP contribution in [0.4, 0.5) is 16.3 Å². The number of anilines is 1. The van der Waals surface area contributed by atoms with Gasteiger partial charge in [-0.1, -0.05) is 18.5 Å². The fraction of sp³-hybridized carbons (Fsp3) is 0.600. The Balaban J connectivity index is 2.20. The van der Waals surface area contributed by atoms with Gasteiger partial charge in [-0.2, -0.15) is 5.26 Å². The third kappa shape index (κ3) is 4.85. The normalized spacial score (nSPS) is 16.1. The molecule has 150 valence electrons. The lowest BCUT2D eigenvalue weighted by Crippen LogP contribution is -2.54. The van der Waals surface area contributed by atoms with Crippen LogP contribution in [-0.2, 0) is 11.2 Å². The van der Waals surface area contributed by atoms with Gasteiger partial charge in [0.25, 0.3) is 0 Å². The number of carbonyl (C=O) groups excluding carboxylic acids is 1. The van der Waals surface area contributed by atoms with Gasteiger partial charge in [0, 0.05) is 18.6 Å². The molecule has 0 atom stereocenters. The zero-order valence-corrected chi connectivity index (χ0v) is 17.8. The number of nitriles is 1. The Labute approximate surface area is 171 Å². The van der Waals surface area contributed by atoms with Crippen molar-refractivity contribution in [1.29, 1.82) is 5.26 Å². The Morgan fingerprint density at radius 3 is 2.54 bits per heavy atom. The van der Waals surface area contributed by atoms with E-state index in [2.05, 4.69) is 21.2 Å². The van der Waals surface area contributed by atoms with Crippen LogP contribution >= 0.6 is 11.6 Å². The molecule has 1 fully saturated rings. The fourth-order valence-corrected chi connectivity index (χ4v) is 3.50. The fourth-order valence-electron chi connectivity index (χ4n) is 3.26. The first-order valence-electron chi connectivity index (χ1n) is 9.29. The van der Waals surface area contributed by atoms with E-state index in [0.717, 1.165) is 0 Å². The predicted molar refractivity (Wildman–Crippen MR) is 109 cm³/mol. The van der Waals surface area contributed by atoms with Gasteiger partial charge < -0.3 is 15.0 Å². The molecule has 2 rings (SSSR count). The third-order valence-electron chi connectivity index (χ3n) is 4.76. The molecule has 1 aromatic heterocycles. The van der Waals surface area contributed by atoms with Crippen LogP contribution in [0.5, 0.6) is 0 Å². The van der Waals surface area contributed by atoms with Crippen molar-refractivity contribution in [1.82, 2.24) is 10.3 Å². The number of nitrogens with zero attached hydrogens (tertiary/aromatic N) is 4. The average molecular weight is 404 g/mol. The van der Waals surface area contributed by atoms with Crippen molar-refractivity contribution in [3.63, 3.8) is 0 Å². The van der Waals surface area contributed by atoms with Crippen LogP contribution in [0.15, 0.2) is 0 Å². The van der Waals surface area contributed by atoms with E-state index in [4.69, 9.17) is 22.9 Å². The van der Waals surface area contributed by atoms with Crippen LogP contribution in [0.1, 0.15) is 58.6 Å². The Morgan fingerprint density at radius 2 is 2.07 bits per heavy atom. The summed E-state index contributed by atoms with van der Waals surface area (Å²) in [5.41, 5.74) is 0.333. The quantitative estimate of drug-likeness (QED) is 0.588. The first kappa shape index (κ1) is 21.8. The second-order valence-corrected chi connectivity index (χ2v) is 8.54. The number of alkyl carbamates (subject to hydrolysis) is 1. The van der Waals surface area contributed by atoms with Crippen LogP contribution in [0.3, 0.4) is 0 Å². The second kappa shape index (κ2) is 8.24. The maximum absolute atomic E-state index is 12.1. The molecule has 7 nitrogen and oxygen atoms in total. The average Bonchev–Trinajstić information content (AvgIpc) is 2.59. The van der Waals surface area contributed by atoms with Crippen molar-refractivity contribution in [3.8, 4) is 6.07 Å². The topological polar surface area (TPSA) is 82.6 Å². The van der Waals surface area contributed by atoms with E-state index in [9.17, 15) is 10.1 Å². The van der Waals surface area contributed by atoms with E-state index in [-0.39, 0.29) is 10.7 Å². The largest absolute Gasteiger partial charge is 0.444 e. The number of amides is 1. The molecular formula is C20H26ClN5O2. The molecule has 1 aliphatic rings. The molecule has 0 unspecified atom stereocenters. The molecule has 28 heavy (non-hydrogen) atoms. The molecule has 0 radical (unpaired) electrons. The number of rotatable bonds is 3. The monoisotopic (exact) mass is 403 g/mol. The van der Waals surface area contributed by atoms with Crippen LogP contribution < -0.4 is 10.2 Å². The summed E-state index contributed by atoms with van der Waals surface area (Å²) in [6.07, 6.45) is 1.44. The second-order valence-electron chi connectivity index (χ2n) is 8.18. The molecule has 2 heterocycles. The van der Waals surface area contributed by atoms with E-state index >= 15 is 0 Å². The smallest absolute Gasteiger partial charge is 0.408 e. The number of hydrogen-bond donors (Lipinski definition) is 1. The van der Waals surface area contributed by atoms with Gasteiger partial charge in [-0.25, -0.2) is 14.6 Å².